The number of phenolic OH excluding ortho intramolecular Hbond substituents is 6. The summed E-state index contributed by atoms with van der Waals surface area (Å²) in [7, 11) is 0. The first-order valence-corrected chi connectivity index (χ1v) is 12.3. The van der Waals surface area contributed by atoms with Gasteiger partial charge in [0.1, 0.15) is 6.10 Å². The molecule has 1 aliphatic rings. The summed E-state index contributed by atoms with van der Waals surface area (Å²) in [6, 6.07) is 12.2. The zero-order valence-corrected chi connectivity index (χ0v) is 21.2. The molecule has 12 nitrogen and oxygen atoms in total. The minimum atomic E-state index is -2.24. The van der Waals surface area contributed by atoms with Crippen molar-refractivity contribution in [3.8, 4) is 34.5 Å². The number of ether oxygens (including phenoxy) is 3. The van der Waals surface area contributed by atoms with Crippen molar-refractivity contribution in [2.45, 2.75) is 56.6 Å². The molecule has 0 heterocycles. The van der Waals surface area contributed by atoms with E-state index in [4.69, 9.17) is 14.2 Å². The fraction of sp³-hybridized carbons (Fsp3) is 0.321. The van der Waals surface area contributed by atoms with Crippen LogP contribution in [0.25, 0.3) is 0 Å². The van der Waals surface area contributed by atoms with Gasteiger partial charge < -0.3 is 55.1 Å². The molecule has 3 aromatic rings. The van der Waals surface area contributed by atoms with Crippen LogP contribution in [0.3, 0.4) is 0 Å². The molecule has 0 aromatic heterocycles. The maximum atomic E-state index is 12.1. The topological polar surface area (TPSA) is 207 Å². The van der Waals surface area contributed by atoms with Crippen molar-refractivity contribution in [3.05, 3.63) is 71.3 Å². The molecule has 0 bridgehead atoms. The van der Waals surface area contributed by atoms with Crippen LogP contribution < -0.4 is 0 Å². The molecule has 0 radical (unpaired) electrons. The van der Waals surface area contributed by atoms with E-state index >= 15 is 0 Å². The Morgan fingerprint density at radius 1 is 0.625 bits per heavy atom. The third-order valence-electron chi connectivity index (χ3n) is 6.70. The van der Waals surface area contributed by atoms with Crippen LogP contribution in [0.15, 0.2) is 54.6 Å². The molecule has 4 rings (SSSR count). The van der Waals surface area contributed by atoms with Crippen LogP contribution in [-0.2, 0) is 38.8 Å². The Labute approximate surface area is 228 Å². The highest BCUT2D eigenvalue weighted by atomic mass is 16.6. The summed E-state index contributed by atoms with van der Waals surface area (Å²) in [5.74, 6) is -3.55. The quantitative estimate of drug-likeness (QED) is 0.169. The largest absolute Gasteiger partial charge is 0.504 e. The molecular formula is C28H30O12. The van der Waals surface area contributed by atoms with Crippen LogP contribution in [0.1, 0.15) is 29.5 Å². The molecule has 12 heteroatoms. The van der Waals surface area contributed by atoms with Crippen molar-refractivity contribution >= 4 is 5.97 Å². The summed E-state index contributed by atoms with van der Waals surface area (Å²) >= 11 is 0. The number of benzene rings is 3. The standard InChI is InChI=1S/C28H30O12/c29-18-4-1-15(7-21(18)32)12-38-24-10-28(37,27(35)36)11-25(39-13-16-2-5-19(30)22(33)8-16)26(24)40-14-17-3-6-20(31)23(34)9-17/h1-9,24-26,29-34,37H,10-14H2,(H,35,36)/t24-,25-,26?,28?/m1/s1. The molecule has 1 fully saturated rings. The zero-order chi connectivity index (χ0) is 29.0. The van der Waals surface area contributed by atoms with Crippen molar-refractivity contribution < 1.29 is 59.9 Å². The van der Waals surface area contributed by atoms with Gasteiger partial charge in [-0.2, -0.15) is 0 Å². The molecule has 214 valence electrons. The maximum Gasteiger partial charge on any atom is 0.335 e. The molecule has 1 aliphatic carbocycles. The zero-order valence-electron chi connectivity index (χ0n) is 21.2. The third-order valence-corrected chi connectivity index (χ3v) is 6.70. The number of carboxylic acid groups (broad SMARTS) is 1. The maximum absolute atomic E-state index is 12.1. The highest BCUT2D eigenvalue weighted by Gasteiger charge is 2.51. The highest BCUT2D eigenvalue weighted by molar-refractivity contribution is 5.77. The predicted octanol–water partition coefficient (Wildman–Crippen LogP) is 2.59. The Morgan fingerprint density at radius 3 is 1.30 bits per heavy atom. The monoisotopic (exact) mass is 558 g/mol. The Kier molecular flexibility index (Phi) is 8.55. The fourth-order valence-corrected chi connectivity index (χ4v) is 4.49. The molecule has 0 aliphatic heterocycles. The summed E-state index contributed by atoms with van der Waals surface area (Å²) in [5, 5.41) is 79.0. The molecule has 0 amide bonds. The van der Waals surface area contributed by atoms with E-state index in [2.05, 4.69) is 0 Å². The Balaban J connectivity index is 1.60. The van der Waals surface area contributed by atoms with Crippen molar-refractivity contribution in [1.82, 2.24) is 0 Å². The summed E-state index contributed by atoms with van der Waals surface area (Å²) in [5.41, 5.74) is -0.836. The van der Waals surface area contributed by atoms with Gasteiger partial charge in [0, 0.05) is 12.8 Å². The van der Waals surface area contributed by atoms with Gasteiger partial charge in [-0.1, -0.05) is 18.2 Å². The number of carbonyl (C=O) groups is 1. The number of rotatable bonds is 10. The van der Waals surface area contributed by atoms with Crippen LogP contribution in [0.4, 0.5) is 0 Å². The van der Waals surface area contributed by atoms with E-state index in [0.29, 0.717) is 16.7 Å². The van der Waals surface area contributed by atoms with E-state index in [1.54, 1.807) is 0 Å². The van der Waals surface area contributed by atoms with Gasteiger partial charge in [-0.3, -0.25) is 0 Å². The number of aliphatic carboxylic acids is 1. The first kappa shape index (κ1) is 28.8. The second kappa shape index (κ2) is 11.9. The van der Waals surface area contributed by atoms with E-state index in [-0.39, 0.29) is 67.2 Å². The van der Waals surface area contributed by atoms with Gasteiger partial charge in [0.15, 0.2) is 40.1 Å². The van der Waals surface area contributed by atoms with E-state index in [9.17, 15) is 45.6 Å². The Hall–Kier alpha value is -4.23. The van der Waals surface area contributed by atoms with Gasteiger partial charge in [-0.25, -0.2) is 4.79 Å². The number of phenols is 6. The summed E-state index contributed by atoms with van der Waals surface area (Å²) in [6.07, 6.45) is -3.73. The number of carboxylic acids is 1. The molecule has 40 heavy (non-hydrogen) atoms. The minimum Gasteiger partial charge on any atom is -0.504 e. The lowest BCUT2D eigenvalue weighted by Crippen LogP contribution is -2.58. The van der Waals surface area contributed by atoms with Crippen LogP contribution in [-0.4, -0.2) is 70.7 Å². The molecule has 2 atom stereocenters. The van der Waals surface area contributed by atoms with Crippen LogP contribution in [0.2, 0.25) is 0 Å². The minimum absolute atomic E-state index is 0.0935. The molecule has 0 unspecified atom stereocenters. The number of hydrogen-bond acceptors (Lipinski definition) is 11. The summed E-state index contributed by atoms with van der Waals surface area (Å²) < 4.78 is 18.1. The Morgan fingerprint density at radius 2 is 0.975 bits per heavy atom. The second-order valence-electron chi connectivity index (χ2n) is 9.69. The second-order valence-corrected chi connectivity index (χ2v) is 9.69. The molecule has 1 saturated carbocycles. The number of aliphatic hydroxyl groups is 1. The van der Waals surface area contributed by atoms with E-state index in [1.165, 1.54) is 54.6 Å². The summed E-state index contributed by atoms with van der Waals surface area (Å²) in [6.45, 7) is -0.358. The molecule has 0 spiro atoms. The average molecular weight is 559 g/mol. The van der Waals surface area contributed by atoms with Crippen molar-refractivity contribution in [3.63, 3.8) is 0 Å². The highest BCUT2D eigenvalue weighted by Crippen LogP contribution is 2.37. The van der Waals surface area contributed by atoms with Gasteiger partial charge >= 0.3 is 5.97 Å². The lowest BCUT2D eigenvalue weighted by atomic mass is 9.79. The lowest BCUT2D eigenvalue weighted by Gasteiger charge is -2.43. The molecule has 8 N–H and O–H groups in total. The normalized spacial score (nSPS) is 22.7. The summed E-state index contributed by atoms with van der Waals surface area (Å²) in [4.78, 5) is 12.1. The van der Waals surface area contributed by atoms with Gasteiger partial charge in [0.25, 0.3) is 0 Å². The smallest absolute Gasteiger partial charge is 0.335 e. The van der Waals surface area contributed by atoms with E-state index < -0.39 is 29.9 Å². The van der Waals surface area contributed by atoms with Gasteiger partial charge in [0.05, 0.1) is 32.0 Å². The van der Waals surface area contributed by atoms with Crippen LogP contribution in [0.5, 0.6) is 34.5 Å². The first-order chi connectivity index (χ1) is 18.9. The van der Waals surface area contributed by atoms with Gasteiger partial charge in [0.2, 0.25) is 0 Å². The van der Waals surface area contributed by atoms with Crippen molar-refractivity contribution in [2.75, 3.05) is 0 Å². The predicted molar refractivity (Wildman–Crippen MR) is 137 cm³/mol. The number of hydrogen-bond donors (Lipinski definition) is 8. The molecule has 3 aromatic carbocycles. The fourth-order valence-electron chi connectivity index (χ4n) is 4.49. The lowest BCUT2D eigenvalue weighted by molar-refractivity contribution is -0.218. The third kappa shape index (κ3) is 6.66. The number of aromatic hydroxyl groups is 6. The average Bonchev–Trinajstić information content (AvgIpc) is 2.91. The Bertz CT molecular complexity index is 1290. The van der Waals surface area contributed by atoms with Crippen molar-refractivity contribution in [1.29, 1.82) is 0 Å². The van der Waals surface area contributed by atoms with E-state index in [1.807, 2.05) is 0 Å². The van der Waals surface area contributed by atoms with Gasteiger partial charge in [-0.05, 0) is 53.1 Å². The van der Waals surface area contributed by atoms with Crippen LogP contribution >= 0.6 is 0 Å². The van der Waals surface area contributed by atoms with Crippen molar-refractivity contribution in [2.24, 2.45) is 0 Å². The van der Waals surface area contributed by atoms with E-state index in [0.717, 1.165) is 0 Å². The molecule has 0 saturated heterocycles. The van der Waals surface area contributed by atoms with Crippen LogP contribution in [0, 0.1) is 0 Å². The molecular weight excluding hydrogens is 528 g/mol. The first-order valence-electron chi connectivity index (χ1n) is 12.3. The SMILES string of the molecule is O=C(O)C1(O)C[C@@H](OCc2ccc(O)c(O)c2)C(OCc2ccc(O)c(O)c2)[C@H](OCc2ccc(O)c(O)c2)C1. The van der Waals surface area contributed by atoms with Gasteiger partial charge in [-0.15, -0.1) is 0 Å².